The maximum Gasteiger partial charge on any atom is 0.372 e. The van der Waals surface area contributed by atoms with Crippen molar-refractivity contribution in [1.29, 1.82) is 0 Å². The molecule has 3 aromatic carbocycles. The number of hydrogen-bond donors (Lipinski definition) is 1. The molecular weight excluding hydrogens is 503 g/mol. The molecule has 0 amide bonds. The Kier molecular flexibility index (Phi) is 7.58. The molecule has 1 heterocycles. The molecule has 0 radical (unpaired) electrons. The van der Waals surface area contributed by atoms with Gasteiger partial charge in [-0.1, -0.05) is 48.5 Å². The summed E-state index contributed by atoms with van der Waals surface area (Å²) in [5.41, 5.74) is 6.47. The average molecular weight is 529 g/mol. The van der Waals surface area contributed by atoms with Crippen LogP contribution in [-0.4, -0.2) is 44.3 Å². The number of rotatable bonds is 10. The largest absolute Gasteiger partial charge is 0.480 e. The maximum absolute atomic E-state index is 14.2. The van der Waals surface area contributed by atoms with Crippen LogP contribution in [0.3, 0.4) is 0 Å². The first-order valence-electron chi connectivity index (χ1n) is 11.3. The topological polar surface area (TPSA) is 125 Å². The first-order valence-corrected chi connectivity index (χ1v) is 12.7. The molecule has 0 bridgehead atoms. The highest BCUT2D eigenvalue weighted by atomic mass is 32.2. The Bertz CT molecular complexity index is 1390. The van der Waals surface area contributed by atoms with Crippen molar-refractivity contribution in [3.05, 3.63) is 95.3 Å². The summed E-state index contributed by atoms with van der Waals surface area (Å²) in [6.45, 7) is 1.61. The molecule has 0 saturated carbocycles. The van der Waals surface area contributed by atoms with Crippen LogP contribution >= 0.6 is 0 Å². The molecule has 0 aliphatic carbocycles. The van der Waals surface area contributed by atoms with Crippen LogP contribution < -0.4 is 10.5 Å². The molecule has 1 aliphatic rings. The number of carbonyl (C=O) groups is 2. The van der Waals surface area contributed by atoms with E-state index in [2.05, 4.69) is 9.78 Å². The van der Waals surface area contributed by atoms with Gasteiger partial charge in [-0.15, -0.1) is 0 Å². The minimum absolute atomic E-state index is 0.00788. The van der Waals surface area contributed by atoms with Crippen molar-refractivity contribution < 1.29 is 36.9 Å². The molecule has 194 valence electrons. The molecule has 3 aromatic rings. The van der Waals surface area contributed by atoms with E-state index in [1.807, 2.05) is 30.3 Å². The smallest absolute Gasteiger partial charge is 0.372 e. The highest BCUT2D eigenvalue weighted by Gasteiger charge is 2.52. The van der Waals surface area contributed by atoms with Crippen LogP contribution in [0.15, 0.2) is 77.7 Å². The van der Waals surface area contributed by atoms with Crippen LogP contribution in [0.2, 0.25) is 0 Å². The molecule has 1 atom stereocenters. The zero-order valence-electron chi connectivity index (χ0n) is 19.9. The van der Waals surface area contributed by atoms with Gasteiger partial charge in [-0.2, -0.15) is 4.31 Å². The first-order chi connectivity index (χ1) is 17.6. The van der Waals surface area contributed by atoms with E-state index in [1.165, 1.54) is 28.6 Å². The average Bonchev–Trinajstić information content (AvgIpc) is 2.87. The Morgan fingerprint density at radius 1 is 1.11 bits per heavy atom. The van der Waals surface area contributed by atoms with Crippen LogP contribution in [0.1, 0.15) is 16.7 Å². The summed E-state index contributed by atoms with van der Waals surface area (Å²) in [5.74, 6) is -1.09. The fraction of sp³-hybridized carbons (Fsp3) is 0.231. The molecule has 11 heteroatoms. The molecule has 0 aromatic heterocycles. The van der Waals surface area contributed by atoms with E-state index in [0.29, 0.717) is 16.9 Å². The van der Waals surface area contributed by atoms with Crippen molar-refractivity contribution in [2.24, 2.45) is 5.73 Å². The summed E-state index contributed by atoms with van der Waals surface area (Å²) in [6.07, 6.45) is -0.0412. The van der Waals surface area contributed by atoms with Gasteiger partial charge in [-0.05, 0) is 48.2 Å². The summed E-state index contributed by atoms with van der Waals surface area (Å²) in [4.78, 5) is 30.1. The summed E-state index contributed by atoms with van der Waals surface area (Å²) in [6, 6.07) is 18.6. The molecule has 4 rings (SSSR count). The van der Waals surface area contributed by atoms with Gasteiger partial charge in [0.25, 0.3) is 0 Å². The standard InChI is InChI=1S/C26H25FN2O7S/c1-18-10-11-21(14-23(18)27)35-26(20-7-3-2-4-8-20)15-29(16-26)37(32,33)22-9-5-6-19(12-22)13-24(28)25(31)36-34-17-30/h2-12,14,17,24H,13,15-16,28H2,1H3/t24-/m0/s1. The van der Waals surface area contributed by atoms with Crippen LogP contribution in [0.5, 0.6) is 5.75 Å². The second-order valence-electron chi connectivity index (χ2n) is 8.70. The third-order valence-corrected chi connectivity index (χ3v) is 7.87. The third-order valence-electron chi connectivity index (χ3n) is 6.08. The van der Waals surface area contributed by atoms with E-state index >= 15 is 0 Å². The minimum Gasteiger partial charge on any atom is -0.480 e. The van der Waals surface area contributed by atoms with Gasteiger partial charge in [-0.25, -0.2) is 22.5 Å². The van der Waals surface area contributed by atoms with Gasteiger partial charge in [0.05, 0.1) is 18.0 Å². The number of halogens is 1. The Labute approximate surface area is 213 Å². The number of sulfonamides is 1. The van der Waals surface area contributed by atoms with Gasteiger partial charge in [0, 0.05) is 6.07 Å². The lowest BCUT2D eigenvalue weighted by molar-refractivity contribution is -0.249. The van der Waals surface area contributed by atoms with Crippen LogP contribution in [0.25, 0.3) is 0 Å². The third kappa shape index (κ3) is 5.63. The highest BCUT2D eigenvalue weighted by molar-refractivity contribution is 7.89. The quantitative estimate of drug-likeness (QED) is 0.242. The van der Waals surface area contributed by atoms with Gasteiger partial charge >= 0.3 is 12.4 Å². The number of nitrogens with two attached hydrogens (primary N) is 1. The molecule has 0 spiro atoms. The van der Waals surface area contributed by atoms with Gasteiger partial charge < -0.3 is 10.5 Å². The normalized spacial score (nSPS) is 15.8. The van der Waals surface area contributed by atoms with Crippen LogP contribution in [-0.2, 0) is 41.4 Å². The van der Waals surface area contributed by atoms with Gasteiger partial charge in [0.1, 0.15) is 17.6 Å². The van der Waals surface area contributed by atoms with Crippen molar-refractivity contribution in [3.63, 3.8) is 0 Å². The Balaban J connectivity index is 1.54. The molecule has 1 saturated heterocycles. The second kappa shape index (κ2) is 10.7. The van der Waals surface area contributed by atoms with E-state index in [9.17, 15) is 22.4 Å². The fourth-order valence-corrected chi connectivity index (χ4v) is 5.66. The van der Waals surface area contributed by atoms with Crippen molar-refractivity contribution in [2.75, 3.05) is 13.1 Å². The van der Waals surface area contributed by atoms with E-state index < -0.39 is 33.5 Å². The fourth-order valence-electron chi connectivity index (χ4n) is 4.05. The number of hydrogen-bond acceptors (Lipinski definition) is 8. The molecule has 1 aliphatic heterocycles. The molecule has 2 N–H and O–H groups in total. The van der Waals surface area contributed by atoms with E-state index in [4.69, 9.17) is 10.5 Å². The molecule has 9 nitrogen and oxygen atoms in total. The van der Waals surface area contributed by atoms with Gasteiger partial charge in [0.15, 0.2) is 5.60 Å². The van der Waals surface area contributed by atoms with Crippen molar-refractivity contribution in [3.8, 4) is 5.75 Å². The Hall–Kier alpha value is -3.80. The van der Waals surface area contributed by atoms with Crippen LogP contribution in [0, 0.1) is 12.7 Å². The minimum atomic E-state index is -3.93. The van der Waals surface area contributed by atoms with E-state index in [-0.39, 0.29) is 30.9 Å². The summed E-state index contributed by atoms with van der Waals surface area (Å²) >= 11 is 0. The zero-order chi connectivity index (χ0) is 26.6. The van der Waals surface area contributed by atoms with E-state index in [1.54, 1.807) is 25.1 Å². The predicted octanol–water partition coefficient (Wildman–Crippen LogP) is 2.61. The first kappa shape index (κ1) is 26.3. The predicted molar refractivity (Wildman–Crippen MR) is 130 cm³/mol. The van der Waals surface area contributed by atoms with Crippen molar-refractivity contribution in [1.82, 2.24) is 4.31 Å². The number of carbonyl (C=O) groups excluding carboxylic acids is 2. The maximum atomic E-state index is 14.2. The molecule has 0 unspecified atom stereocenters. The van der Waals surface area contributed by atoms with E-state index in [0.717, 1.165) is 5.56 Å². The lowest BCUT2D eigenvalue weighted by Crippen LogP contribution is -2.64. The molecule has 37 heavy (non-hydrogen) atoms. The number of aryl methyl sites for hydroxylation is 1. The summed E-state index contributed by atoms with van der Waals surface area (Å²) in [7, 11) is -3.93. The summed E-state index contributed by atoms with van der Waals surface area (Å²) < 4.78 is 48.5. The Morgan fingerprint density at radius 3 is 2.51 bits per heavy atom. The molecular formula is C26H25FN2O7S. The summed E-state index contributed by atoms with van der Waals surface area (Å²) in [5, 5.41) is 0. The SMILES string of the molecule is Cc1ccc(OC2(c3ccccc3)CN(S(=O)(=O)c3cccc(C[C@H](N)C(=O)OOC=O)c3)C2)cc1F. The lowest BCUT2D eigenvalue weighted by Gasteiger charge is -2.48. The number of ether oxygens (including phenoxy) is 1. The second-order valence-corrected chi connectivity index (χ2v) is 10.6. The lowest BCUT2D eigenvalue weighted by atomic mass is 9.87. The highest BCUT2D eigenvalue weighted by Crippen LogP contribution is 2.40. The molecule has 1 fully saturated rings. The number of nitrogens with zero attached hydrogens (tertiary/aromatic N) is 1. The van der Waals surface area contributed by atoms with Crippen molar-refractivity contribution in [2.45, 2.75) is 29.9 Å². The van der Waals surface area contributed by atoms with Gasteiger partial charge in [-0.3, -0.25) is 9.68 Å². The van der Waals surface area contributed by atoms with Crippen molar-refractivity contribution >= 4 is 22.5 Å². The Morgan fingerprint density at radius 2 is 1.84 bits per heavy atom. The monoisotopic (exact) mass is 528 g/mol. The number of benzene rings is 3. The van der Waals surface area contributed by atoms with Gasteiger partial charge in [0.2, 0.25) is 10.0 Å². The van der Waals surface area contributed by atoms with Crippen LogP contribution in [0.4, 0.5) is 4.39 Å². The zero-order valence-corrected chi connectivity index (χ0v) is 20.7.